The third kappa shape index (κ3) is 2.50. The molecule has 20 heavy (non-hydrogen) atoms. The Labute approximate surface area is 125 Å². The van der Waals surface area contributed by atoms with Gasteiger partial charge in [0.1, 0.15) is 0 Å². The van der Waals surface area contributed by atoms with Crippen LogP contribution in [0, 0.1) is 0 Å². The predicted octanol–water partition coefficient (Wildman–Crippen LogP) is 4.64. The van der Waals surface area contributed by atoms with Crippen molar-refractivity contribution in [3.05, 3.63) is 59.7 Å². The van der Waals surface area contributed by atoms with Gasteiger partial charge in [0.2, 0.25) is 0 Å². The molecule has 1 aliphatic heterocycles. The molecule has 2 unspecified atom stereocenters. The molecular formula is C18H21NS. The van der Waals surface area contributed by atoms with Crippen LogP contribution in [0.3, 0.4) is 0 Å². The first-order valence-electron chi connectivity index (χ1n) is 7.30. The van der Waals surface area contributed by atoms with E-state index < -0.39 is 0 Å². The summed E-state index contributed by atoms with van der Waals surface area (Å²) in [5, 5.41) is 4.20. The van der Waals surface area contributed by atoms with Gasteiger partial charge in [0.25, 0.3) is 0 Å². The fourth-order valence-corrected chi connectivity index (χ4v) is 4.38. The molecule has 3 rings (SSSR count). The van der Waals surface area contributed by atoms with Crippen molar-refractivity contribution in [3.8, 4) is 11.1 Å². The van der Waals surface area contributed by atoms with E-state index in [0.29, 0.717) is 11.3 Å². The van der Waals surface area contributed by atoms with Crippen LogP contribution in [0.25, 0.3) is 11.1 Å². The fourth-order valence-electron chi connectivity index (χ4n) is 3.01. The zero-order chi connectivity index (χ0) is 13.9. The van der Waals surface area contributed by atoms with Crippen LogP contribution >= 0.6 is 11.8 Å². The first kappa shape index (κ1) is 13.7. The Hall–Kier alpha value is -1.25. The van der Waals surface area contributed by atoms with E-state index in [4.69, 9.17) is 0 Å². The summed E-state index contributed by atoms with van der Waals surface area (Å²) in [6.07, 6.45) is 1.21. The Kier molecular flexibility index (Phi) is 4.13. The second kappa shape index (κ2) is 6.02. The smallest absolute Gasteiger partial charge is 0.0441 e. The van der Waals surface area contributed by atoms with E-state index in [2.05, 4.69) is 79.6 Å². The highest BCUT2D eigenvalue weighted by atomic mass is 32.2. The standard InChI is InChI=1S/C18H21NS/c1-3-17-18(19-2)16-11-14(9-10-15(16)12-20-17)13-7-5-4-6-8-13/h4-11,17-19H,3,12H2,1-2H3. The topological polar surface area (TPSA) is 12.0 Å². The highest BCUT2D eigenvalue weighted by Crippen LogP contribution is 2.40. The Morgan fingerprint density at radius 3 is 2.60 bits per heavy atom. The lowest BCUT2D eigenvalue weighted by Gasteiger charge is -2.33. The Morgan fingerprint density at radius 2 is 1.90 bits per heavy atom. The van der Waals surface area contributed by atoms with Crippen LogP contribution in [0.4, 0.5) is 0 Å². The zero-order valence-corrected chi connectivity index (χ0v) is 12.9. The van der Waals surface area contributed by atoms with Crippen LogP contribution in [-0.2, 0) is 5.75 Å². The average Bonchev–Trinajstić information content (AvgIpc) is 2.54. The summed E-state index contributed by atoms with van der Waals surface area (Å²) in [5.41, 5.74) is 5.60. The van der Waals surface area contributed by atoms with Gasteiger partial charge in [-0.3, -0.25) is 0 Å². The second-order valence-electron chi connectivity index (χ2n) is 5.30. The molecule has 1 nitrogen and oxygen atoms in total. The molecule has 1 aliphatic rings. The van der Waals surface area contributed by atoms with Crippen molar-refractivity contribution in [2.24, 2.45) is 0 Å². The predicted molar refractivity (Wildman–Crippen MR) is 89.1 cm³/mol. The number of hydrogen-bond donors (Lipinski definition) is 1. The molecule has 0 saturated heterocycles. The van der Waals surface area contributed by atoms with E-state index in [9.17, 15) is 0 Å². The number of nitrogens with one attached hydrogen (secondary N) is 1. The molecule has 0 saturated carbocycles. The highest BCUT2D eigenvalue weighted by Gasteiger charge is 2.27. The summed E-state index contributed by atoms with van der Waals surface area (Å²) in [6, 6.07) is 18.1. The van der Waals surface area contributed by atoms with Crippen LogP contribution in [0.1, 0.15) is 30.5 Å². The minimum absolute atomic E-state index is 0.470. The van der Waals surface area contributed by atoms with E-state index >= 15 is 0 Å². The van der Waals surface area contributed by atoms with Gasteiger partial charge >= 0.3 is 0 Å². The molecule has 1 heterocycles. The lowest BCUT2D eigenvalue weighted by Crippen LogP contribution is -2.30. The largest absolute Gasteiger partial charge is 0.312 e. The zero-order valence-electron chi connectivity index (χ0n) is 12.1. The molecule has 104 valence electrons. The number of hydrogen-bond acceptors (Lipinski definition) is 2. The van der Waals surface area contributed by atoms with Crippen LogP contribution in [0.2, 0.25) is 0 Å². The Bertz CT molecular complexity index is 579. The van der Waals surface area contributed by atoms with Crippen LogP contribution in [0.5, 0.6) is 0 Å². The molecule has 0 spiro atoms. The molecule has 2 heteroatoms. The third-order valence-electron chi connectivity index (χ3n) is 4.13. The van der Waals surface area contributed by atoms with Crippen molar-refractivity contribution in [2.75, 3.05) is 7.05 Å². The number of thioether (sulfide) groups is 1. The van der Waals surface area contributed by atoms with Gasteiger partial charge in [-0.1, -0.05) is 49.4 Å². The van der Waals surface area contributed by atoms with E-state index in [1.165, 1.54) is 28.7 Å². The van der Waals surface area contributed by atoms with E-state index in [1.807, 2.05) is 0 Å². The van der Waals surface area contributed by atoms with Crippen LogP contribution < -0.4 is 5.32 Å². The first-order chi connectivity index (χ1) is 9.83. The number of benzene rings is 2. The van der Waals surface area contributed by atoms with Gasteiger partial charge < -0.3 is 5.32 Å². The molecule has 0 fully saturated rings. The maximum absolute atomic E-state index is 3.52. The van der Waals surface area contributed by atoms with Crippen molar-refractivity contribution in [1.82, 2.24) is 5.32 Å². The molecule has 1 N–H and O–H groups in total. The first-order valence-corrected chi connectivity index (χ1v) is 8.35. The van der Waals surface area contributed by atoms with Gasteiger partial charge in [-0.25, -0.2) is 0 Å². The van der Waals surface area contributed by atoms with Gasteiger partial charge in [-0.05, 0) is 41.8 Å². The molecule has 2 aromatic rings. The minimum Gasteiger partial charge on any atom is -0.312 e. The van der Waals surface area contributed by atoms with E-state index in [1.54, 1.807) is 0 Å². The molecule has 0 amide bonds. The van der Waals surface area contributed by atoms with Gasteiger partial charge in [0.05, 0.1) is 0 Å². The van der Waals surface area contributed by atoms with Gasteiger partial charge in [-0.2, -0.15) is 11.8 Å². The normalized spacial score (nSPS) is 21.5. The highest BCUT2D eigenvalue weighted by molar-refractivity contribution is 7.99. The van der Waals surface area contributed by atoms with Crippen LogP contribution in [0.15, 0.2) is 48.5 Å². The minimum atomic E-state index is 0.470. The summed E-state index contributed by atoms with van der Waals surface area (Å²) in [4.78, 5) is 0. The summed E-state index contributed by atoms with van der Waals surface area (Å²) in [6.45, 7) is 2.29. The van der Waals surface area contributed by atoms with Gasteiger partial charge in [0, 0.05) is 17.0 Å². The van der Waals surface area contributed by atoms with Gasteiger partial charge in [0.15, 0.2) is 0 Å². The maximum Gasteiger partial charge on any atom is 0.0441 e. The summed E-state index contributed by atoms with van der Waals surface area (Å²) in [7, 11) is 2.08. The van der Waals surface area contributed by atoms with Crippen molar-refractivity contribution < 1.29 is 0 Å². The molecule has 0 aliphatic carbocycles. The maximum atomic E-state index is 3.52. The summed E-state index contributed by atoms with van der Waals surface area (Å²) < 4.78 is 0. The Morgan fingerprint density at radius 1 is 1.10 bits per heavy atom. The van der Waals surface area contributed by atoms with E-state index in [-0.39, 0.29) is 0 Å². The Balaban J connectivity index is 2.03. The SMILES string of the molecule is CCC1SCc2ccc(-c3ccccc3)cc2C1NC. The van der Waals surface area contributed by atoms with Crippen molar-refractivity contribution in [2.45, 2.75) is 30.4 Å². The monoisotopic (exact) mass is 283 g/mol. The third-order valence-corrected chi connectivity index (χ3v) is 5.64. The summed E-state index contributed by atoms with van der Waals surface area (Å²) in [5.74, 6) is 1.14. The molecule has 2 aromatic carbocycles. The molecular weight excluding hydrogens is 262 g/mol. The van der Waals surface area contributed by atoms with E-state index in [0.717, 1.165) is 5.75 Å². The second-order valence-corrected chi connectivity index (χ2v) is 6.53. The molecule has 0 radical (unpaired) electrons. The average molecular weight is 283 g/mol. The molecule has 0 bridgehead atoms. The van der Waals surface area contributed by atoms with Gasteiger partial charge in [-0.15, -0.1) is 0 Å². The molecule has 0 aromatic heterocycles. The van der Waals surface area contributed by atoms with Crippen molar-refractivity contribution >= 4 is 11.8 Å². The van der Waals surface area contributed by atoms with Crippen molar-refractivity contribution in [3.63, 3.8) is 0 Å². The quantitative estimate of drug-likeness (QED) is 0.880. The fraction of sp³-hybridized carbons (Fsp3) is 0.333. The lowest BCUT2D eigenvalue weighted by atomic mass is 9.92. The van der Waals surface area contributed by atoms with Crippen LogP contribution in [-0.4, -0.2) is 12.3 Å². The number of fused-ring (bicyclic) bond motifs is 1. The lowest BCUT2D eigenvalue weighted by molar-refractivity contribution is 0.546. The molecule has 2 atom stereocenters. The van der Waals surface area contributed by atoms with Crippen molar-refractivity contribution in [1.29, 1.82) is 0 Å². The summed E-state index contributed by atoms with van der Waals surface area (Å²) >= 11 is 2.08. The number of rotatable bonds is 3.